The Balaban J connectivity index is 1.67. The SMILES string of the molecule is CC(=O)c1ccc(OCc2ccc3cc(F)ccc3n2)cc1C(c1ccccc1)C(C)(C)C. The zero-order chi connectivity index (χ0) is 23.6. The number of ether oxygens (including phenoxy) is 1. The summed E-state index contributed by atoms with van der Waals surface area (Å²) in [5.41, 5.74) is 4.19. The van der Waals surface area contributed by atoms with Crippen LogP contribution in [0.5, 0.6) is 5.75 Å². The Morgan fingerprint density at radius 3 is 2.42 bits per heavy atom. The maximum absolute atomic E-state index is 13.4. The Kier molecular flexibility index (Phi) is 6.28. The topological polar surface area (TPSA) is 39.2 Å². The van der Waals surface area contributed by atoms with Gasteiger partial charge in [0.1, 0.15) is 18.2 Å². The van der Waals surface area contributed by atoms with Crippen LogP contribution in [0, 0.1) is 11.2 Å². The van der Waals surface area contributed by atoms with Gasteiger partial charge in [0.2, 0.25) is 0 Å². The normalized spacial score (nSPS) is 12.5. The van der Waals surface area contributed by atoms with Gasteiger partial charge in [0.15, 0.2) is 5.78 Å². The average molecular weight is 442 g/mol. The van der Waals surface area contributed by atoms with Crippen molar-refractivity contribution < 1.29 is 13.9 Å². The predicted octanol–water partition coefficient (Wildman–Crippen LogP) is 7.33. The quantitative estimate of drug-likeness (QED) is 0.294. The zero-order valence-corrected chi connectivity index (χ0v) is 19.4. The van der Waals surface area contributed by atoms with Crippen LogP contribution in [0.2, 0.25) is 0 Å². The second-order valence-electron chi connectivity index (χ2n) is 9.44. The lowest BCUT2D eigenvalue weighted by Gasteiger charge is -2.33. The fraction of sp³-hybridized carbons (Fsp3) is 0.241. The van der Waals surface area contributed by atoms with E-state index in [0.717, 1.165) is 27.7 Å². The standard InChI is InChI=1S/C29H28FNO2/c1-19(32)25-14-13-24(17-26(25)28(29(2,3)4)20-8-6-5-7-9-20)33-18-23-12-10-21-16-22(30)11-15-27(21)31-23/h5-17,28H,18H2,1-4H3. The third-order valence-electron chi connectivity index (χ3n) is 5.81. The van der Waals surface area contributed by atoms with Gasteiger partial charge < -0.3 is 4.74 Å². The summed E-state index contributed by atoms with van der Waals surface area (Å²) in [5, 5.41) is 0.753. The van der Waals surface area contributed by atoms with Crippen molar-refractivity contribution in [3.05, 3.63) is 107 Å². The molecular weight excluding hydrogens is 413 g/mol. The Labute approximate surface area is 194 Å². The first-order valence-electron chi connectivity index (χ1n) is 11.1. The predicted molar refractivity (Wildman–Crippen MR) is 130 cm³/mol. The fourth-order valence-electron chi connectivity index (χ4n) is 4.36. The van der Waals surface area contributed by atoms with Crippen molar-refractivity contribution in [1.29, 1.82) is 0 Å². The van der Waals surface area contributed by atoms with Crippen molar-refractivity contribution in [2.45, 2.75) is 40.2 Å². The number of nitrogens with zero attached hydrogens (tertiary/aromatic N) is 1. The number of pyridine rings is 1. The molecule has 4 heteroatoms. The van der Waals surface area contributed by atoms with Gasteiger partial charge in [-0.25, -0.2) is 9.37 Å². The smallest absolute Gasteiger partial charge is 0.160 e. The number of Topliss-reactive ketones (excluding diaryl/α,β-unsaturated/α-hetero) is 1. The number of carbonyl (C=O) groups excluding carboxylic acids is 1. The van der Waals surface area contributed by atoms with Gasteiger partial charge in [0.05, 0.1) is 11.2 Å². The summed E-state index contributed by atoms with van der Waals surface area (Å²) in [5.74, 6) is 0.458. The maximum atomic E-state index is 13.4. The molecule has 33 heavy (non-hydrogen) atoms. The number of hydrogen-bond acceptors (Lipinski definition) is 3. The molecule has 1 unspecified atom stereocenters. The van der Waals surface area contributed by atoms with Crippen molar-refractivity contribution >= 4 is 16.7 Å². The first-order chi connectivity index (χ1) is 15.7. The average Bonchev–Trinajstić information content (AvgIpc) is 2.77. The molecule has 0 saturated heterocycles. The monoisotopic (exact) mass is 441 g/mol. The number of ketones is 1. The van der Waals surface area contributed by atoms with E-state index >= 15 is 0 Å². The number of carbonyl (C=O) groups is 1. The summed E-state index contributed by atoms with van der Waals surface area (Å²) >= 11 is 0. The van der Waals surface area contributed by atoms with Gasteiger partial charge in [-0.2, -0.15) is 0 Å². The summed E-state index contributed by atoms with van der Waals surface area (Å²) in [6.07, 6.45) is 0. The molecule has 1 heterocycles. The van der Waals surface area contributed by atoms with Crippen LogP contribution in [0.3, 0.4) is 0 Å². The Morgan fingerprint density at radius 1 is 0.970 bits per heavy atom. The Morgan fingerprint density at radius 2 is 1.73 bits per heavy atom. The van der Waals surface area contributed by atoms with Crippen LogP contribution in [-0.2, 0) is 6.61 Å². The van der Waals surface area contributed by atoms with E-state index in [4.69, 9.17) is 4.74 Å². The number of halogens is 1. The summed E-state index contributed by atoms with van der Waals surface area (Å²) in [6.45, 7) is 8.43. The molecule has 0 aliphatic carbocycles. The van der Waals surface area contributed by atoms with Crippen molar-refractivity contribution in [2.75, 3.05) is 0 Å². The van der Waals surface area contributed by atoms with Gasteiger partial charge in [0, 0.05) is 16.9 Å². The summed E-state index contributed by atoms with van der Waals surface area (Å²) in [7, 11) is 0. The van der Waals surface area contributed by atoms with Gasteiger partial charge in [-0.1, -0.05) is 57.2 Å². The summed E-state index contributed by atoms with van der Waals surface area (Å²) in [6, 6.07) is 24.2. The molecule has 0 spiro atoms. The molecule has 4 rings (SSSR count). The van der Waals surface area contributed by atoms with Crippen LogP contribution >= 0.6 is 0 Å². The van der Waals surface area contributed by atoms with Gasteiger partial charge >= 0.3 is 0 Å². The van der Waals surface area contributed by atoms with E-state index in [2.05, 4.69) is 37.9 Å². The molecule has 1 atom stereocenters. The molecule has 0 amide bonds. The number of aromatic nitrogens is 1. The molecule has 0 N–H and O–H groups in total. The molecule has 0 radical (unpaired) electrons. The summed E-state index contributed by atoms with van der Waals surface area (Å²) in [4.78, 5) is 17.1. The maximum Gasteiger partial charge on any atom is 0.160 e. The molecule has 168 valence electrons. The van der Waals surface area contributed by atoms with Crippen LogP contribution in [0.25, 0.3) is 10.9 Å². The molecule has 4 aromatic rings. The number of benzene rings is 3. The molecule has 0 saturated carbocycles. The minimum absolute atomic E-state index is 0.0230. The van der Waals surface area contributed by atoms with E-state index in [1.54, 1.807) is 13.0 Å². The zero-order valence-electron chi connectivity index (χ0n) is 19.4. The molecule has 3 aromatic carbocycles. The molecule has 0 aliphatic heterocycles. The van der Waals surface area contributed by atoms with E-state index in [1.807, 2.05) is 48.5 Å². The highest BCUT2D eigenvalue weighted by Gasteiger charge is 2.31. The van der Waals surface area contributed by atoms with Crippen molar-refractivity contribution in [3.63, 3.8) is 0 Å². The second-order valence-corrected chi connectivity index (χ2v) is 9.44. The highest BCUT2D eigenvalue weighted by Crippen LogP contribution is 2.43. The van der Waals surface area contributed by atoms with E-state index < -0.39 is 0 Å². The Bertz CT molecular complexity index is 1290. The lowest BCUT2D eigenvalue weighted by molar-refractivity contribution is 0.101. The van der Waals surface area contributed by atoms with E-state index in [0.29, 0.717) is 11.3 Å². The van der Waals surface area contributed by atoms with Gasteiger partial charge in [-0.15, -0.1) is 0 Å². The van der Waals surface area contributed by atoms with E-state index in [-0.39, 0.29) is 29.5 Å². The third kappa shape index (κ3) is 5.11. The number of hydrogen-bond donors (Lipinski definition) is 0. The van der Waals surface area contributed by atoms with E-state index in [9.17, 15) is 9.18 Å². The van der Waals surface area contributed by atoms with E-state index in [1.165, 1.54) is 12.1 Å². The van der Waals surface area contributed by atoms with Gasteiger partial charge in [-0.3, -0.25) is 4.79 Å². The number of rotatable bonds is 6. The fourth-order valence-corrected chi connectivity index (χ4v) is 4.36. The highest BCUT2D eigenvalue weighted by atomic mass is 19.1. The first-order valence-corrected chi connectivity index (χ1v) is 11.1. The van der Waals surface area contributed by atoms with Crippen molar-refractivity contribution in [1.82, 2.24) is 4.98 Å². The molecular formula is C29H28FNO2. The lowest BCUT2D eigenvalue weighted by atomic mass is 9.71. The summed E-state index contributed by atoms with van der Waals surface area (Å²) < 4.78 is 19.5. The second kappa shape index (κ2) is 9.14. The minimum atomic E-state index is -0.279. The molecule has 0 aliphatic rings. The van der Waals surface area contributed by atoms with Crippen molar-refractivity contribution in [3.8, 4) is 5.75 Å². The number of fused-ring (bicyclic) bond motifs is 1. The van der Waals surface area contributed by atoms with Crippen LogP contribution in [-0.4, -0.2) is 10.8 Å². The van der Waals surface area contributed by atoms with Crippen LogP contribution in [0.1, 0.15) is 60.8 Å². The van der Waals surface area contributed by atoms with Crippen LogP contribution in [0.4, 0.5) is 4.39 Å². The highest BCUT2D eigenvalue weighted by molar-refractivity contribution is 5.96. The van der Waals surface area contributed by atoms with Crippen LogP contribution in [0.15, 0.2) is 78.9 Å². The lowest BCUT2D eigenvalue weighted by Crippen LogP contribution is -2.22. The first kappa shape index (κ1) is 22.7. The minimum Gasteiger partial charge on any atom is -0.487 e. The third-order valence-corrected chi connectivity index (χ3v) is 5.81. The van der Waals surface area contributed by atoms with Gasteiger partial charge in [0.25, 0.3) is 0 Å². The van der Waals surface area contributed by atoms with Crippen LogP contribution < -0.4 is 4.74 Å². The molecule has 0 bridgehead atoms. The Hall–Kier alpha value is -3.53. The molecule has 0 fully saturated rings. The molecule has 3 nitrogen and oxygen atoms in total. The van der Waals surface area contributed by atoms with Crippen molar-refractivity contribution in [2.24, 2.45) is 5.41 Å². The molecule has 1 aromatic heterocycles. The largest absolute Gasteiger partial charge is 0.487 e. The van der Waals surface area contributed by atoms with Gasteiger partial charge in [-0.05, 0) is 65.9 Å².